The van der Waals surface area contributed by atoms with E-state index < -0.39 is 154 Å². The lowest BCUT2D eigenvalue weighted by molar-refractivity contribution is -0.258. The largest absolute Gasteiger partial charge is 0.481 e. The summed E-state index contributed by atoms with van der Waals surface area (Å²) in [6.45, 7) is 3.03. The third kappa shape index (κ3) is 45.0. The van der Waals surface area contributed by atoms with Gasteiger partial charge in [0.05, 0.1) is 104 Å². The van der Waals surface area contributed by atoms with Gasteiger partial charge in [0.2, 0.25) is 53.2 Å². The number of aryl methyl sites for hydroxylation is 2. The van der Waals surface area contributed by atoms with Gasteiger partial charge in [-0.05, 0) is 135 Å². The lowest BCUT2D eigenvalue weighted by atomic mass is 9.95. The van der Waals surface area contributed by atoms with Gasteiger partial charge in [-0.3, -0.25) is 91.2 Å². The second-order valence-corrected chi connectivity index (χ2v) is 37.0. The minimum atomic E-state index is -4.81. The molecule has 15 N–H and O–H groups in total. The Hall–Kier alpha value is -11.7. The van der Waals surface area contributed by atoms with Gasteiger partial charge in [-0.2, -0.15) is 0 Å². The van der Waals surface area contributed by atoms with Crippen molar-refractivity contribution in [2.45, 2.75) is 191 Å². The number of carbonyl (C=O) groups excluding carboxylic acids is 12. The average molecular weight is 2150 g/mol. The molecule has 51 heteroatoms. The molecule has 4 aliphatic rings. The number of rotatable bonds is 64. The zero-order chi connectivity index (χ0) is 103. The Labute approximate surface area is 839 Å². The molecule has 3 saturated heterocycles. The number of nitrogens with zero attached hydrogens (tertiary/aromatic N) is 8. The van der Waals surface area contributed by atoms with Crippen molar-refractivity contribution < 1.29 is 154 Å². The maximum Gasteiger partial charge on any atom is 0.412 e. The molecule has 0 radical (unpaired) electrons. The van der Waals surface area contributed by atoms with Gasteiger partial charge in [0.25, 0.3) is 0 Å². The number of carboxylic acid groups (broad SMARTS) is 5. The number of carboxylic acids is 5. The fourth-order valence-corrected chi connectivity index (χ4v) is 16.9. The van der Waals surface area contributed by atoms with E-state index >= 15 is 0 Å². The molecule has 8 atom stereocenters. The van der Waals surface area contributed by atoms with Gasteiger partial charge in [-0.15, -0.1) is 5.10 Å². The number of carbonyl (C=O) groups is 17. The number of unbranched alkanes of at least 4 members (excludes halogenated alkanes) is 3. The molecule has 3 fully saturated rings. The first-order valence-electron chi connectivity index (χ1n) is 47.7. The highest BCUT2D eigenvalue weighted by Crippen LogP contribution is 2.42. The van der Waals surface area contributed by atoms with E-state index in [4.69, 9.17) is 42.8 Å². The fraction of sp³-hybridized carbons (Fsp3) is 0.598. The van der Waals surface area contributed by atoms with Crippen LogP contribution in [0, 0.1) is 3.57 Å². The Morgan fingerprint density at radius 1 is 0.434 bits per heavy atom. The first kappa shape index (κ1) is 117. The minimum absolute atomic E-state index is 0.0279. The smallest absolute Gasteiger partial charge is 0.412 e. The molecule has 4 aromatic rings. The van der Waals surface area contributed by atoms with Crippen LogP contribution in [0.3, 0.4) is 0 Å². The van der Waals surface area contributed by atoms with Crippen molar-refractivity contribution in [1.29, 1.82) is 0 Å². The summed E-state index contributed by atoms with van der Waals surface area (Å²) in [5, 5.41) is 79.7. The van der Waals surface area contributed by atoms with Crippen LogP contribution in [0.5, 0.6) is 0 Å². The summed E-state index contributed by atoms with van der Waals surface area (Å²) in [5.41, 5.74) is 5.25. The van der Waals surface area contributed by atoms with Crippen molar-refractivity contribution in [1.82, 2.24) is 82.2 Å². The Morgan fingerprint density at radius 2 is 0.909 bits per heavy atom. The third-order valence-corrected chi connectivity index (χ3v) is 25.1. The molecule has 143 heavy (non-hydrogen) atoms. The molecule has 5 heterocycles. The number of benzene rings is 3. The molecule has 4 aliphatic heterocycles. The van der Waals surface area contributed by atoms with Crippen molar-refractivity contribution in [3.63, 3.8) is 0 Å². The van der Waals surface area contributed by atoms with Crippen LogP contribution in [-0.4, -0.2) is 367 Å². The minimum Gasteiger partial charge on any atom is -0.481 e. The number of fused-ring (bicyclic) bond motifs is 12. The maximum absolute atomic E-state index is 14.3. The number of nitrogens with one attached hydrogen (secondary N) is 9. The third-order valence-electron chi connectivity index (χ3n) is 23.2. The Kier molecular flexibility index (Phi) is 51.7. The summed E-state index contributed by atoms with van der Waals surface area (Å²) in [5.74, 6) is -14.2. The second-order valence-electron chi connectivity index (χ2n) is 34.2. The van der Waals surface area contributed by atoms with E-state index in [1.54, 1.807) is 9.58 Å². The van der Waals surface area contributed by atoms with Crippen molar-refractivity contribution in [3.05, 3.63) is 87.5 Å². The van der Waals surface area contributed by atoms with Gasteiger partial charge in [-0.1, -0.05) is 66.2 Å². The van der Waals surface area contributed by atoms with Crippen LogP contribution in [0.4, 0.5) is 5.69 Å². The van der Waals surface area contributed by atoms with E-state index in [1.807, 2.05) is 97.5 Å². The lowest BCUT2D eigenvalue weighted by Gasteiger charge is -2.33. The highest BCUT2D eigenvalue weighted by Gasteiger charge is 2.36. The van der Waals surface area contributed by atoms with Crippen LogP contribution < -0.4 is 52.5 Å². The van der Waals surface area contributed by atoms with Crippen LogP contribution in [0.25, 0.3) is 22.5 Å². The molecule has 5 unspecified atom stereocenters. The summed E-state index contributed by atoms with van der Waals surface area (Å²) in [4.78, 5) is 236. The summed E-state index contributed by atoms with van der Waals surface area (Å²) in [7, 11) is -4.81. The quantitative estimate of drug-likeness (QED) is 0.0125. The Bertz CT molecular complexity index is 4910. The number of anilines is 1. The predicted octanol–water partition coefficient (Wildman–Crippen LogP) is 0.629. The van der Waals surface area contributed by atoms with Crippen LogP contribution in [-0.2, 0) is 143 Å². The molecule has 49 nitrogen and oxygen atoms in total. The monoisotopic (exact) mass is 2140 g/mol. The van der Waals surface area contributed by atoms with Gasteiger partial charge in [0, 0.05) is 151 Å². The van der Waals surface area contributed by atoms with Gasteiger partial charge in [0.1, 0.15) is 35.9 Å². The number of esters is 3. The van der Waals surface area contributed by atoms with Crippen molar-refractivity contribution >= 4 is 137 Å². The lowest BCUT2D eigenvalue weighted by Crippen LogP contribution is -2.52. The molecular weight excluding hydrogens is 2010 g/mol. The van der Waals surface area contributed by atoms with Crippen LogP contribution in [0.2, 0.25) is 0 Å². The predicted molar refractivity (Wildman–Crippen MR) is 514 cm³/mol. The first-order valence-corrected chi connectivity index (χ1v) is 50.4. The van der Waals surface area contributed by atoms with Crippen molar-refractivity contribution in [2.75, 3.05) is 169 Å². The van der Waals surface area contributed by atoms with E-state index in [9.17, 15) is 111 Å². The molecule has 1 aromatic heterocycles. The van der Waals surface area contributed by atoms with E-state index in [-0.39, 0.29) is 193 Å². The normalized spacial score (nSPS) is 17.4. The van der Waals surface area contributed by atoms with Crippen LogP contribution in [0.15, 0.2) is 72.8 Å². The van der Waals surface area contributed by atoms with E-state index in [2.05, 4.69) is 75.4 Å². The maximum atomic E-state index is 14.3. The topological polar surface area (TPSA) is 658 Å². The second kappa shape index (κ2) is 63.5. The SMILES string of the molecule is O=C(O)CC[C@H](NP(=O)(O)OCCC[C@H](NC(=O)CC[C@H](NC(=O)CCCCCNC(=O)CCC(NC(=O)CCOCCOCCOCCOCCNC(=O)CCC(=O)N1Cc2ccccc2-c2c(nnn2CCCNC(=O)CN2CCN3CCN4CCN(CC2)CC(=O)OC(OC(=O)C3)OC(=O)C4)-c2ccccc21)C(=O)NC(CCCCNC(=O)CCCc1ccc(I)cc1)C(=O)O)C(=O)O)C(=O)O)C(=O)O. The number of aromatic nitrogens is 3. The summed E-state index contributed by atoms with van der Waals surface area (Å²) < 4.78 is 58.3. The number of hydrogen-bond acceptors (Lipinski definition) is 32. The molecular formula is C92H131IN17O32P. The van der Waals surface area contributed by atoms with Crippen LogP contribution >= 0.6 is 30.3 Å². The number of ether oxygens (including phenoxy) is 7. The molecule has 3 aromatic carbocycles. The van der Waals surface area contributed by atoms with E-state index in [0.29, 0.717) is 127 Å². The van der Waals surface area contributed by atoms with Gasteiger partial charge in [0.15, 0.2) is 0 Å². The Morgan fingerprint density at radius 3 is 1.52 bits per heavy atom. The highest BCUT2D eigenvalue weighted by atomic mass is 127. The highest BCUT2D eigenvalue weighted by molar-refractivity contribution is 14.1. The van der Waals surface area contributed by atoms with E-state index in [1.165, 1.54) is 0 Å². The van der Waals surface area contributed by atoms with Crippen molar-refractivity contribution in [3.8, 4) is 22.5 Å². The Balaban J connectivity index is 0.692. The molecule has 788 valence electrons. The number of para-hydroxylation sites is 1. The van der Waals surface area contributed by atoms with E-state index in [0.717, 1.165) is 32.4 Å². The number of halogens is 1. The average Bonchev–Trinajstić information content (AvgIpc) is 1.65. The van der Waals surface area contributed by atoms with Crippen LogP contribution in [0.1, 0.15) is 146 Å². The number of aliphatic carboxylic acids is 5. The van der Waals surface area contributed by atoms with Crippen molar-refractivity contribution in [2.24, 2.45) is 0 Å². The zero-order valence-electron chi connectivity index (χ0n) is 79.7. The molecule has 0 spiro atoms. The molecule has 4 bridgehead atoms. The summed E-state index contributed by atoms with van der Waals surface area (Å²) in [6.07, 6.45) is -0.306. The number of hydrogen-bond donors (Lipinski definition) is 15. The molecule has 8 rings (SSSR count). The standard InChI is InChI=1S/C92H131IN17O32P/c93-64-24-22-62(23-25-64)13-10-21-73(111)94-36-9-7-17-69(89(127)128)101-87(124)67(26-29-74(112)95-35-8-1-2-20-76(114)100-70(90(129)130)27-30-77(115)99-68(88(125)126)18-11-48-139-143(133,134)103-71(91(131)132)28-33-81(119)120)98-78(116)34-49-135-51-53-137-55-56-138-54-52-136-50-38-97-75(113)31-32-80(118)109-57-63-14-3-4-15-65(63)86-85(66-16-5-6-19-72(66)109)102-104-110(86)39-12-37-96-79(117)58-105-40-42-106-44-46-108-47-45-107(43-41-105)60-83(122)141-92(140-82(121)59-106)142-84(123)61-108/h3-6,14-16,19,22-25,67-71,92H,1-2,7-13,17-18,20-21,26-61H2,(H,94,111)(H,95,112)(H,96,117)(H,97,113)(H,98,116)(H,99,115)(H,100,114)(H,101,124)(H,119,120)(H,125,126)(H,127,128)(H,129,130)(H,131,132)(H2,103,133,134)/t67?,68-,69?,70-,71-/m0/s1. The number of amides is 9. The summed E-state index contributed by atoms with van der Waals surface area (Å²) >= 11 is 2.21. The fourth-order valence-electron chi connectivity index (χ4n) is 15.5. The molecule has 0 aliphatic carbocycles. The van der Waals surface area contributed by atoms with Gasteiger partial charge >= 0.3 is 62.0 Å². The molecule has 0 saturated carbocycles. The first-order chi connectivity index (χ1) is 68.6. The summed E-state index contributed by atoms with van der Waals surface area (Å²) in [6, 6.07) is 15.3. The zero-order valence-corrected chi connectivity index (χ0v) is 82.8. The van der Waals surface area contributed by atoms with Gasteiger partial charge < -0.3 is 111 Å². The van der Waals surface area contributed by atoms with Gasteiger partial charge in [-0.25, -0.2) is 28.7 Å². The molecule has 9 amide bonds.